The number of nitrogens with zero attached hydrogens (tertiary/aromatic N) is 3. The molecule has 3 rings (SSSR count). The number of aromatic nitrogens is 1. The highest BCUT2D eigenvalue weighted by atomic mass is 15.3. The van der Waals surface area contributed by atoms with Crippen LogP contribution in [0.3, 0.4) is 0 Å². The van der Waals surface area contributed by atoms with Gasteiger partial charge in [0.25, 0.3) is 0 Å². The number of hydrogen-bond acceptors (Lipinski definition) is 4. The molecule has 0 radical (unpaired) electrons. The van der Waals surface area contributed by atoms with E-state index in [4.69, 9.17) is 5.73 Å². The van der Waals surface area contributed by atoms with Crippen molar-refractivity contribution in [2.24, 2.45) is 5.73 Å². The Morgan fingerprint density at radius 2 is 2.25 bits per heavy atom. The maximum Gasteiger partial charge on any atom is 0.132 e. The molecule has 110 valence electrons. The second-order valence-corrected chi connectivity index (χ2v) is 6.17. The molecule has 2 atom stereocenters. The summed E-state index contributed by atoms with van der Waals surface area (Å²) in [4.78, 5) is 9.85. The van der Waals surface area contributed by atoms with Crippen LogP contribution in [-0.4, -0.2) is 48.1 Å². The van der Waals surface area contributed by atoms with Crippen LogP contribution in [0.4, 0.5) is 5.82 Å². The van der Waals surface area contributed by atoms with Gasteiger partial charge in [-0.15, -0.1) is 0 Å². The van der Waals surface area contributed by atoms with Gasteiger partial charge in [-0.3, -0.25) is 4.90 Å². The van der Waals surface area contributed by atoms with Crippen LogP contribution in [0.2, 0.25) is 0 Å². The summed E-state index contributed by atoms with van der Waals surface area (Å²) in [6.07, 6.45) is 6.91. The molecule has 2 aliphatic heterocycles. The molecular formula is C16H26N4. The van der Waals surface area contributed by atoms with Gasteiger partial charge in [-0.25, -0.2) is 4.98 Å². The van der Waals surface area contributed by atoms with Crippen LogP contribution in [0.1, 0.15) is 31.7 Å². The van der Waals surface area contributed by atoms with Gasteiger partial charge in [-0.2, -0.15) is 0 Å². The third-order valence-electron chi connectivity index (χ3n) is 4.74. The van der Waals surface area contributed by atoms with Crippen molar-refractivity contribution in [1.29, 1.82) is 0 Å². The lowest BCUT2D eigenvalue weighted by Crippen LogP contribution is -2.59. The van der Waals surface area contributed by atoms with Crippen molar-refractivity contribution in [1.82, 2.24) is 9.88 Å². The number of hydrogen-bond donors (Lipinski definition) is 1. The molecule has 2 N–H and O–H groups in total. The number of fused-ring (bicyclic) bond motifs is 1. The average Bonchev–Trinajstić information content (AvgIpc) is 2.48. The van der Waals surface area contributed by atoms with Gasteiger partial charge in [-0.1, -0.05) is 12.5 Å². The molecule has 2 aliphatic rings. The Morgan fingerprint density at radius 1 is 1.35 bits per heavy atom. The van der Waals surface area contributed by atoms with Gasteiger partial charge in [-0.05, 0) is 50.9 Å². The molecule has 0 spiro atoms. The summed E-state index contributed by atoms with van der Waals surface area (Å²) in [6.45, 7) is 6.59. The molecule has 3 heterocycles. The largest absolute Gasteiger partial charge is 0.351 e. The third-order valence-corrected chi connectivity index (χ3v) is 4.74. The van der Waals surface area contributed by atoms with Crippen molar-refractivity contribution in [3.8, 4) is 0 Å². The van der Waals surface area contributed by atoms with E-state index in [0.29, 0.717) is 18.6 Å². The highest BCUT2D eigenvalue weighted by Crippen LogP contribution is 2.28. The van der Waals surface area contributed by atoms with Crippen molar-refractivity contribution >= 4 is 5.82 Å². The zero-order chi connectivity index (χ0) is 13.9. The molecule has 4 nitrogen and oxygen atoms in total. The van der Waals surface area contributed by atoms with Crippen molar-refractivity contribution in [3.05, 3.63) is 23.9 Å². The highest BCUT2D eigenvalue weighted by Gasteiger charge is 2.34. The minimum Gasteiger partial charge on any atom is -0.351 e. The molecule has 0 bridgehead atoms. The normalized spacial score (nSPS) is 27.4. The number of pyridine rings is 1. The SMILES string of the molecule is CC1CN2CCCCC2CN1c1ncccc1CCN. The van der Waals surface area contributed by atoms with Crippen LogP contribution in [-0.2, 0) is 6.42 Å². The summed E-state index contributed by atoms with van der Waals surface area (Å²) in [5.41, 5.74) is 7.04. The molecule has 20 heavy (non-hydrogen) atoms. The number of anilines is 1. The average molecular weight is 274 g/mol. The predicted octanol–water partition coefficient (Wildman–Crippen LogP) is 1.65. The number of rotatable bonds is 3. The monoisotopic (exact) mass is 274 g/mol. The summed E-state index contributed by atoms with van der Waals surface area (Å²) in [5.74, 6) is 1.16. The lowest BCUT2D eigenvalue weighted by molar-refractivity contribution is 0.115. The van der Waals surface area contributed by atoms with Gasteiger partial charge in [0.15, 0.2) is 0 Å². The third kappa shape index (κ3) is 2.67. The van der Waals surface area contributed by atoms with Gasteiger partial charge in [0.2, 0.25) is 0 Å². The van der Waals surface area contributed by atoms with E-state index in [1.165, 1.54) is 37.9 Å². The van der Waals surface area contributed by atoms with Crippen molar-refractivity contribution in [2.45, 2.75) is 44.7 Å². The van der Waals surface area contributed by atoms with E-state index < -0.39 is 0 Å². The first-order chi connectivity index (χ1) is 9.79. The van der Waals surface area contributed by atoms with E-state index >= 15 is 0 Å². The highest BCUT2D eigenvalue weighted by molar-refractivity contribution is 5.48. The Kier molecular flexibility index (Phi) is 4.22. The minimum atomic E-state index is 0.538. The Morgan fingerprint density at radius 3 is 3.10 bits per heavy atom. The fraction of sp³-hybridized carbons (Fsp3) is 0.688. The molecule has 2 saturated heterocycles. The number of piperidine rings is 1. The zero-order valence-corrected chi connectivity index (χ0v) is 12.5. The van der Waals surface area contributed by atoms with Gasteiger partial charge in [0, 0.05) is 31.4 Å². The molecule has 1 aromatic heterocycles. The van der Waals surface area contributed by atoms with Crippen LogP contribution < -0.4 is 10.6 Å². The molecule has 0 amide bonds. The summed E-state index contributed by atoms with van der Waals surface area (Å²) < 4.78 is 0. The second-order valence-electron chi connectivity index (χ2n) is 6.17. The summed E-state index contributed by atoms with van der Waals surface area (Å²) in [6, 6.07) is 5.45. The first kappa shape index (κ1) is 13.8. The molecule has 2 fully saturated rings. The number of piperazine rings is 1. The molecule has 0 aliphatic carbocycles. The van der Waals surface area contributed by atoms with Crippen LogP contribution >= 0.6 is 0 Å². The fourth-order valence-electron chi connectivity index (χ4n) is 3.69. The Balaban J connectivity index is 1.82. The topological polar surface area (TPSA) is 45.4 Å². The first-order valence-corrected chi connectivity index (χ1v) is 7.94. The van der Waals surface area contributed by atoms with E-state index in [9.17, 15) is 0 Å². The van der Waals surface area contributed by atoms with Crippen LogP contribution in [0.5, 0.6) is 0 Å². The van der Waals surface area contributed by atoms with E-state index in [-0.39, 0.29) is 0 Å². The summed E-state index contributed by atoms with van der Waals surface area (Å²) in [5, 5.41) is 0. The summed E-state index contributed by atoms with van der Waals surface area (Å²) in [7, 11) is 0. The van der Waals surface area contributed by atoms with Crippen LogP contribution in [0, 0.1) is 0 Å². The van der Waals surface area contributed by atoms with E-state index in [2.05, 4.69) is 27.8 Å². The van der Waals surface area contributed by atoms with Gasteiger partial charge in [0.05, 0.1) is 0 Å². The Bertz CT molecular complexity index is 448. The van der Waals surface area contributed by atoms with E-state index in [0.717, 1.165) is 18.8 Å². The maximum absolute atomic E-state index is 5.75. The molecule has 2 unspecified atom stereocenters. The van der Waals surface area contributed by atoms with Crippen molar-refractivity contribution < 1.29 is 0 Å². The number of nitrogens with two attached hydrogens (primary N) is 1. The smallest absolute Gasteiger partial charge is 0.132 e. The van der Waals surface area contributed by atoms with Crippen molar-refractivity contribution in [2.75, 3.05) is 31.1 Å². The molecule has 1 aromatic rings. The van der Waals surface area contributed by atoms with Gasteiger partial charge < -0.3 is 10.6 Å². The summed E-state index contributed by atoms with van der Waals surface area (Å²) >= 11 is 0. The second kappa shape index (κ2) is 6.10. The quantitative estimate of drug-likeness (QED) is 0.910. The maximum atomic E-state index is 5.75. The van der Waals surface area contributed by atoms with Gasteiger partial charge in [0.1, 0.15) is 5.82 Å². The van der Waals surface area contributed by atoms with Crippen LogP contribution in [0.25, 0.3) is 0 Å². The minimum absolute atomic E-state index is 0.538. The predicted molar refractivity (Wildman–Crippen MR) is 83.0 cm³/mol. The van der Waals surface area contributed by atoms with E-state index in [1.807, 2.05) is 12.3 Å². The molecule has 0 saturated carbocycles. The lowest BCUT2D eigenvalue weighted by Gasteiger charge is -2.48. The lowest BCUT2D eigenvalue weighted by atomic mass is 9.96. The van der Waals surface area contributed by atoms with Gasteiger partial charge >= 0.3 is 0 Å². The van der Waals surface area contributed by atoms with Crippen molar-refractivity contribution in [3.63, 3.8) is 0 Å². The first-order valence-electron chi connectivity index (χ1n) is 7.94. The molecule has 4 heteroatoms. The molecule has 0 aromatic carbocycles. The zero-order valence-electron chi connectivity index (χ0n) is 12.5. The standard InChI is InChI=1S/C16H26N4/c1-13-11-19-10-3-2-6-15(19)12-20(13)16-14(7-8-17)5-4-9-18-16/h4-5,9,13,15H,2-3,6-8,10-12,17H2,1H3. The van der Waals surface area contributed by atoms with E-state index in [1.54, 1.807) is 0 Å². The van der Waals surface area contributed by atoms with Crippen LogP contribution in [0.15, 0.2) is 18.3 Å². The fourth-order valence-corrected chi connectivity index (χ4v) is 3.69. The Labute approximate surface area is 122 Å². The molecular weight excluding hydrogens is 248 g/mol. The Hall–Kier alpha value is -1.13.